The van der Waals surface area contributed by atoms with Crippen LogP contribution in [0.15, 0.2) is 29.0 Å². The zero-order valence-corrected chi connectivity index (χ0v) is 13.1. The first kappa shape index (κ1) is 15.6. The number of aryl methyl sites for hydroxylation is 1. The lowest BCUT2D eigenvalue weighted by molar-refractivity contribution is -0.122. The average Bonchev–Trinajstić information content (AvgIpc) is 3.25. The number of amides is 1. The number of ether oxygens (including phenoxy) is 1. The molecule has 0 aliphatic carbocycles. The third-order valence-electron chi connectivity index (χ3n) is 3.88. The summed E-state index contributed by atoms with van der Waals surface area (Å²) in [6.07, 6.45) is 6.26. The van der Waals surface area contributed by atoms with Crippen LogP contribution in [0.3, 0.4) is 0 Å². The maximum Gasteiger partial charge on any atom is 0.227 e. The van der Waals surface area contributed by atoms with E-state index >= 15 is 0 Å². The van der Waals surface area contributed by atoms with Crippen LogP contribution in [0.25, 0.3) is 11.4 Å². The minimum Gasteiger partial charge on any atom is -0.376 e. The molecule has 0 aromatic carbocycles. The number of rotatable bonds is 6. The largest absolute Gasteiger partial charge is 0.376 e. The summed E-state index contributed by atoms with van der Waals surface area (Å²) >= 11 is 0. The maximum absolute atomic E-state index is 12.0. The van der Waals surface area contributed by atoms with Crippen molar-refractivity contribution in [2.75, 3.05) is 6.61 Å². The van der Waals surface area contributed by atoms with Gasteiger partial charge in [0.05, 0.1) is 12.1 Å². The summed E-state index contributed by atoms with van der Waals surface area (Å²) in [5, 5.41) is 6.89. The topological polar surface area (TPSA) is 90.1 Å². The SMILES string of the molecule is CC(NC(=O)CCc1nc(-c2ccncc2)no1)C1CCCO1. The van der Waals surface area contributed by atoms with Gasteiger partial charge in [0.25, 0.3) is 0 Å². The Labute approximate surface area is 134 Å². The van der Waals surface area contributed by atoms with Gasteiger partial charge in [0.2, 0.25) is 17.6 Å². The van der Waals surface area contributed by atoms with Crippen LogP contribution >= 0.6 is 0 Å². The van der Waals surface area contributed by atoms with E-state index < -0.39 is 0 Å². The third-order valence-corrected chi connectivity index (χ3v) is 3.88. The van der Waals surface area contributed by atoms with E-state index in [4.69, 9.17) is 9.26 Å². The fourth-order valence-electron chi connectivity index (χ4n) is 2.61. The van der Waals surface area contributed by atoms with Gasteiger partial charge in [-0.05, 0) is 31.9 Å². The number of nitrogens with zero attached hydrogens (tertiary/aromatic N) is 3. The van der Waals surface area contributed by atoms with E-state index in [1.54, 1.807) is 12.4 Å². The Morgan fingerprint density at radius 1 is 1.43 bits per heavy atom. The van der Waals surface area contributed by atoms with Gasteiger partial charge in [-0.15, -0.1) is 0 Å². The Morgan fingerprint density at radius 3 is 3.00 bits per heavy atom. The number of carbonyl (C=O) groups excluding carboxylic acids is 1. The van der Waals surface area contributed by atoms with Gasteiger partial charge in [-0.1, -0.05) is 5.16 Å². The molecule has 2 aromatic heterocycles. The van der Waals surface area contributed by atoms with Crippen molar-refractivity contribution in [3.05, 3.63) is 30.4 Å². The molecule has 1 N–H and O–H groups in total. The lowest BCUT2D eigenvalue weighted by Gasteiger charge is -2.19. The van der Waals surface area contributed by atoms with Crippen molar-refractivity contribution in [3.8, 4) is 11.4 Å². The van der Waals surface area contributed by atoms with Crippen molar-refractivity contribution >= 4 is 5.91 Å². The van der Waals surface area contributed by atoms with Crippen molar-refractivity contribution in [3.63, 3.8) is 0 Å². The Kier molecular flexibility index (Phi) is 4.97. The molecule has 23 heavy (non-hydrogen) atoms. The minimum atomic E-state index is -0.0309. The highest BCUT2D eigenvalue weighted by molar-refractivity contribution is 5.76. The molecule has 3 heterocycles. The lowest BCUT2D eigenvalue weighted by atomic mass is 10.1. The number of aromatic nitrogens is 3. The molecule has 2 atom stereocenters. The molecule has 0 spiro atoms. The zero-order valence-electron chi connectivity index (χ0n) is 13.1. The number of nitrogens with one attached hydrogen (secondary N) is 1. The molecular formula is C16H20N4O3. The van der Waals surface area contributed by atoms with Crippen LogP contribution in [0.5, 0.6) is 0 Å². The van der Waals surface area contributed by atoms with Gasteiger partial charge in [0.1, 0.15) is 0 Å². The zero-order chi connectivity index (χ0) is 16.1. The molecule has 1 aliphatic heterocycles. The smallest absolute Gasteiger partial charge is 0.227 e. The summed E-state index contributed by atoms with van der Waals surface area (Å²) in [5.74, 6) is 0.934. The molecule has 7 heteroatoms. The second-order valence-corrected chi connectivity index (χ2v) is 5.66. The van der Waals surface area contributed by atoms with Crippen molar-refractivity contribution in [1.82, 2.24) is 20.4 Å². The fourth-order valence-corrected chi connectivity index (χ4v) is 2.61. The van der Waals surface area contributed by atoms with Crippen LogP contribution in [-0.2, 0) is 16.0 Å². The highest BCUT2D eigenvalue weighted by Gasteiger charge is 2.23. The molecule has 3 rings (SSSR count). The molecule has 1 saturated heterocycles. The van der Waals surface area contributed by atoms with Crippen molar-refractivity contribution in [1.29, 1.82) is 0 Å². The average molecular weight is 316 g/mol. The van der Waals surface area contributed by atoms with E-state index in [1.807, 2.05) is 19.1 Å². The molecule has 0 radical (unpaired) electrons. The van der Waals surface area contributed by atoms with Crippen LogP contribution in [0.1, 0.15) is 32.1 Å². The van der Waals surface area contributed by atoms with Gasteiger partial charge in [-0.3, -0.25) is 9.78 Å². The molecular weight excluding hydrogens is 296 g/mol. The van der Waals surface area contributed by atoms with E-state index in [1.165, 1.54) is 0 Å². The molecule has 0 bridgehead atoms. The highest BCUT2D eigenvalue weighted by atomic mass is 16.5. The molecule has 1 aliphatic rings. The molecule has 0 saturated carbocycles. The Hall–Kier alpha value is -2.28. The first-order valence-corrected chi connectivity index (χ1v) is 7.86. The maximum atomic E-state index is 12.0. The highest BCUT2D eigenvalue weighted by Crippen LogP contribution is 2.16. The monoisotopic (exact) mass is 316 g/mol. The molecule has 2 unspecified atom stereocenters. The normalized spacial score (nSPS) is 18.7. The fraction of sp³-hybridized carbons (Fsp3) is 0.500. The van der Waals surface area contributed by atoms with E-state index in [0.29, 0.717) is 24.6 Å². The van der Waals surface area contributed by atoms with Crippen LogP contribution in [0.2, 0.25) is 0 Å². The number of hydrogen-bond donors (Lipinski definition) is 1. The van der Waals surface area contributed by atoms with E-state index in [9.17, 15) is 4.79 Å². The third kappa shape index (κ3) is 4.13. The predicted octanol–water partition coefficient (Wildman–Crippen LogP) is 1.75. The van der Waals surface area contributed by atoms with Crippen molar-refractivity contribution in [2.24, 2.45) is 0 Å². The molecule has 1 amide bonds. The minimum absolute atomic E-state index is 0.0278. The number of pyridine rings is 1. The number of carbonyl (C=O) groups is 1. The second kappa shape index (κ2) is 7.32. The van der Waals surface area contributed by atoms with E-state index in [2.05, 4.69) is 20.4 Å². The first-order valence-electron chi connectivity index (χ1n) is 7.86. The second-order valence-electron chi connectivity index (χ2n) is 5.66. The van der Waals surface area contributed by atoms with E-state index in [0.717, 1.165) is 25.0 Å². The Morgan fingerprint density at radius 2 is 2.26 bits per heavy atom. The Bertz CT molecular complexity index is 638. The summed E-state index contributed by atoms with van der Waals surface area (Å²) < 4.78 is 10.8. The molecule has 1 fully saturated rings. The lowest BCUT2D eigenvalue weighted by Crippen LogP contribution is -2.40. The molecule has 122 valence electrons. The van der Waals surface area contributed by atoms with Crippen LogP contribution in [0, 0.1) is 0 Å². The van der Waals surface area contributed by atoms with Crippen molar-refractivity contribution in [2.45, 2.75) is 44.8 Å². The van der Waals surface area contributed by atoms with Gasteiger partial charge in [0.15, 0.2) is 0 Å². The number of hydrogen-bond acceptors (Lipinski definition) is 6. The summed E-state index contributed by atoms with van der Waals surface area (Å²) in [6.45, 7) is 2.76. The summed E-state index contributed by atoms with van der Waals surface area (Å²) in [6, 6.07) is 3.65. The molecule has 7 nitrogen and oxygen atoms in total. The summed E-state index contributed by atoms with van der Waals surface area (Å²) in [5.41, 5.74) is 0.839. The summed E-state index contributed by atoms with van der Waals surface area (Å²) in [4.78, 5) is 20.2. The van der Waals surface area contributed by atoms with Gasteiger partial charge in [0, 0.05) is 37.4 Å². The quantitative estimate of drug-likeness (QED) is 0.873. The first-order chi connectivity index (χ1) is 11.2. The van der Waals surface area contributed by atoms with Gasteiger partial charge in [-0.2, -0.15) is 4.98 Å². The van der Waals surface area contributed by atoms with Gasteiger partial charge < -0.3 is 14.6 Å². The standard InChI is InChI=1S/C16H20N4O3/c1-11(13-3-2-10-22-13)18-14(21)4-5-15-19-16(20-23-15)12-6-8-17-9-7-12/h6-9,11,13H,2-5,10H2,1H3,(H,18,21). The van der Waals surface area contributed by atoms with Crippen LogP contribution < -0.4 is 5.32 Å². The molecule has 2 aromatic rings. The van der Waals surface area contributed by atoms with Gasteiger partial charge >= 0.3 is 0 Å². The van der Waals surface area contributed by atoms with E-state index in [-0.39, 0.29) is 18.1 Å². The van der Waals surface area contributed by atoms with Crippen LogP contribution in [0.4, 0.5) is 0 Å². The predicted molar refractivity (Wildman–Crippen MR) is 82.4 cm³/mol. The Balaban J connectivity index is 1.48. The summed E-state index contributed by atoms with van der Waals surface area (Å²) in [7, 11) is 0. The van der Waals surface area contributed by atoms with Crippen LogP contribution in [-0.4, -0.2) is 39.8 Å². The van der Waals surface area contributed by atoms with Gasteiger partial charge in [-0.25, -0.2) is 0 Å². The van der Waals surface area contributed by atoms with Crippen molar-refractivity contribution < 1.29 is 14.1 Å².